The topological polar surface area (TPSA) is 79.3 Å². The molecule has 116 valence electrons. The van der Waals surface area contributed by atoms with E-state index >= 15 is 0 Å². The Labute approximate surface area is 130 Å². The van der Waals surface area contributed by atoms with Crippen molar-refractivity contribution in [1.29, 1.82) is 0 Å². The number of thiazole rings is 1. The Morgan fingerprint density at radius 3 is 2.86 bits per heavy atom. The molecule has 0 spiro atoms. The van der Waals surface area contributed by atoms with Gasteiger partial charge in [0, 0.05) is 11.3 Å². The number of carboxylic acids is 1. The molecule has 1 aromatic carbocycles. The Bertz CT molecular complexity index is 687. The van der Waals surface area contributed by atoms with Gasteiger partial charge in [0.1, 0.15) is 10.8 Å². The number of carbonyl (C=O) groups excluding carboxylic acids is 1. The molecular formula is C15H15FN2O3S. The van der Waals surface area contributed by atoms with Crippen LogP contribution in [0.5, 0.6) is 0 Å². The highest BCUT2D eigenvalue weighted by Gasteiger charge is 2.15. The standard InChI is InChI=1S/C15H15FN2O3S/c1-9(5-10-3-2-4-11(16)6-10)14(19)17-7-13-18-12(8-22-13)15(20)21/h2-4,6,8-9H,5,7H2,1H3,(H,17,19)(H,20,21). The van der Waals surface area contributed by atoms with Crippen molar-refractivity contribution in [2.24, 2.45) is 5.92 Å². The SMILES string of the molecule is CC(Cc1cccc(F)c1)C(=O)NCc1nc(C(=O)O)cs1. The van der Waals surface area contributed by atoms with E-state index in [1.165, 1.54) is 28.8 Å². The molecule has 0 radical (unpaired) electrons. The van der Waals surface area contributed by atoms with Gasteiger partial charge in [-0.05, 0) is 24.1 Å². The summed E-state index contributed by atoms with van der Waals surface area (Å²) in [6.07, 6.45) is 0.432. The van der Waals surface area contributed by atoms with Gasteiger partial charge in [-0.3, -0.25) is 4.79 Å². The minimum absolute atomic E-state index is 0.0259. The zero-order valence-corrected chi connectivity index (χ0v) is 12.7. The van der Waals surface area contributed by atoms with Crippen LogP contribution in [0.3, 0.4) is 0 Å². The van der Waals surface area contributed by atoms with E-state index < -0.39 is 5.97 Å². The first-order chi connectivity index (χ1) is 10.5. The van der Waals surface area contributed by atoms with Crippen molar-refractivity contribution in [2.45, 2.75) is 19.9 Å². The Morgan fingerprint density at radius 1 is 1.45 bits per heavy atom. The average Bonchev–Trinajstić information content (AvgIpc) is 2.93. The minimum Gasteiger partial charge on any atom is -0.476 e. The minimum atomic E-state index is -1.09. The summed E-state index contributed by atoms with van der Waals surface area (Å²) >= 11 is 1.18. The molecule has 2 aromatic rings. The van der Waals surface area contributed by atoms with Gasteiger partial charge in [-0.2, -0.15) is 0 Å². The quantitative estimate of drug-likeness (QED) is 0.856. The lowest BCUT2D eigenvalue weighted by Gasteiger charge is -2.11. The summed E-state index contributed by atoms with van der Waals surface area (Å²) in [4.78, 5) is 26.6. The molecule has 1 aromatic heterocycles. The third kappa shape index (κ3) is 4.36. The van der Waals surface area contributed by atoms with Crippen LogP contribution in [0.4, 0.5) is 4.39 Å². The van der Waals surface area contributed by atoms with E-state index in [2.05, 4.69) is 10.3 Å². The molecular weight excluding hydrogens is 307 g/mol. The van der Waals surface area contributed by atoms with Gasteiger partial charge in [0.25, 0.3) is 0 Å². The fourth-order valence-corrected chi connectivity index (χ4v) is 2.65. The molecule has 0 aliphatic rings. The molecule has 7 heteroatoms. The van der Waals surface area contributed by atoms with E-state index in [1.54, 1.807) is 19.1 Å². The van der Waals surface area contributed by atoms with E-state index in [1.807, 2.05) is 0 Å². The average molecular weight is 322 g/mol. The highest BCUT2D eigenvalue weighted by Crippen LogP contribution is 2.12. The molecule has 2 N–H and O–H groups in total. The predicted molar refractivity (Wildman–Crippen MR) is 80.2 cm³/mol. The number of carboxylic acid groups (broad SMARTS) is 1. The van der Waals surface area contributed by atoms with Gasteiger partial charge in [0.05, 0.1) is 6.54 Å². The molecule has 5 nitrogen and oxygen atoms in total. The normalized spacial score (nSPS) is 11.9. The molecule has 0 fully saturated rings. The van der Waals surface area contributed by atoms with E-state index in [9.17, 15) is 14.0 Å². The summed E-state index contributed by atoms with van der Waals surface area (Å²) in [5.41, 5.74) is 0.729. The first kappa shape index (κ1) is 16.1. The lowest BCUT2D eigenvalue weighted by molar-refractivity contribution is -0.124. The summed E-state index contributed by atoms with van der Waals surface area (Å²) in [6.45, 7) is 1.94. The largest absolute Gasteiger partial charge is 0.476 e. The van der Waals surface area contributed by atoms with Crippen LogP contribution in [0.15, 0.2) is 29.6 Å². The first-order valence-corrected chi connectivity index (χ1v) is 7.53. The maximum absolute atomic E-state index is 13.1. The van der Waals surface area contributed by atoms with Crippen LogP contribution in [0.2, 0.25) is 0 Å². The monoisotopic (exact) mass is 322 g/mol. The van der Waals surface area contributed by atoms with Crippen LogP contribution in [-0.2, 0) is 17.8 Å². The van der Waals surface area contributed by atoms with Crippen LogP contribution in [-0.4, -0.2) is 22.0 Å². The molecule has 1 amide bonds. The summed E-state index contributed by atoms with van der Waals surface area (Å²) in [6, 6.07) is 6.14. The van der Waals surface area contributed by atoms with Gasteiger partial charge < -0.3 is 10.4 Å². The number of carbonyl (C=O) groups is 2. The van der Waals surface area contributed by atoms with Crippen LogP contribution in [0.25, 0.3) is 0 Å². The van der Waals surface area contributed by atoms with Crippen molar-refractivity contribution in [3.63, 3.8) is 0 Å². The lowest BCUT2D eigenvalue weighted by Crippen LogP contribution is -2.29. The van der Waals surface area contributed by atoms with Crippen LogP contribution >= 0.6 is 11.3 Å². The second-order valence-corrected chi connectivity index (χ2v) is 5.83. The number of aromatic nitrogens is 1. The third-order valence-corrected chi connectivity index (χ3v) is 3.91. The molecule has 22 heavy (non-hydrogen) atoms. The van der Waals surface area contributed by atoms with Gasteiger partial charge in [-0.25, -0.2) is 14.2 Å². The number of aromatic carboxylic acids is 1. The van der Waals surface area contributed by atoms with Crippen molar-refractivity contribution >= 4 is 23.2 Å². The number of rotatable bonds is 6. The zero-order chi connectivity index (χ0) is 16.1. The number of halogens is 1. The fourth-order valence-electron chi connectivity index (χ4n) is 1.94. The molecule has 0 aliphatic carbocycles. The number of nitrogens with one attached hydrogen (secondary N) is 1. The van der Waals surface area contributed by atoms with E-state index in [0.29, 0.717) is 11.4 Å². The number of hydrogen-bond acceptors (Lipinski definition) is 4. The van der Waals surface area contributed by atoms with Gasteiger partial charge in [0.15, 0.2) is 5.69 Å². The summed E-state index contributed by atoms with van der Waals surface area (Å²) < 4.78 is 13.1. The molecule has 0 saturated carbocycles. The second-order valence-electron chi connectivity index (χ2n) is 4.88. The van der Waals surface area contributed by atoms with Crippen LogP contribution in [0, 0.1) is 11.7 Å². The molecule has 0 aliphatic heterocycles. The number of hydrogen-bond donors (Lipinski definition) is 2. The smallest absolute Gasteiger partial charge is 0.355 e. The summed E-state index contributed by atoms with van der Waals surface area (Å²) in [5.74, 6) is -1.92. The third-order valence-electron chi connectivity index (χ3n) is 3.06. The van der Waals surface area contributed by atoms with Gasteiger partial charge in [0.2, 0.25) is 5.91 Å². The maximum Gasteiger partial charge on any atom is 0.355 e. The lowest BCUT2D eigenvalue weighted by atomic mass is 10.0. The number of nitrogens with zero attached hydrogens (tertiary/aromatic N) is 1. The molecule has 0 saturated heterocycles. The van der Waals surface area contributed by atoms with Crippen molar-refractivity contribution in [1.82, 2.24) is 10.3 Å². The maximum atomic E-state index is 13.1. The van der Waals surface area contributed by atoms with Gasteiger partial charge >= 0.3 is 5.97 Å². The summed E-state index contributed by atoms with van der Waals surface area (Å²) in [5, 5.41) is 13.4. The Kier molecular flexibility index (Phi) is 5.21. The van der Waals surface area contributed by atoms with Crippen molar-refractivity contribution < 1.29 is 19.1 Å². The Morgan fingerprint density at radius 2 is 2.23 bits per heavy atom. The highest BCUT2D eigenvalue weighted by atomic mass is 32.1. The second kappa shape index (κ2) is 7.13. The first-order valence-electron chi connectivity index (χ1n) is 6.65. The molecule has 2 rings (SSSR count). The number of amides is 1. The molecule has 1 heterocycles. The van der Waals surface area contributed by atoms with E-state index in [0.717, 1.165) is 5.56 Å². The molecule has 0 bridgehead atoms. The predicted octanol–water partition coefficient (Wildman–Crippen LogP) is 2.48. The van der Waals surface area contributed by atoms with Crippen LogP contribution in [0.1, 0.15) is 28.0 Å². The van der Waals surface area contributed by atoms with Crippen molar-refractivity contribution in [3.8, 4) is 0 Å². The number of benzene rings is 1. The Balaban J connectivity index is 1.87. The van der Waals surface area contributed by atoms with E-state index in [-0.39, 0.29) is 29.9 Å². The molecule has 1 atom stereocenters. The zero-order valence-electron chi connectivity index (χ0n) is 11.9. The summed E-state index contributed by atoms with van der Waals surface area (Å²) in [7, 11) is 0. The molecule has 1 unspecified atom stereocenters. The fraction of sp³-hybridized carbons (Fsp3) is 0.267. The van der Waals surface area contributed by atoms with Crippen LogP contribution < -0.4 is 5.32 Å². The van der Waals surface area contributed by atoms with E-state index in [4.69, 9.17) is 5.11 Å². The highest BCUT2D eigenvalue weighted by molar-refractivity contribution is 7.09. The van der Waals surface area contributed by atoms with Crippen molar-refractivity contribution in [3.05, 3.63) is 51.7 Å². The van der Waals surface area contributed by atoms with Gasteiger partial charge in [-0.15, -0.1) is 11.3 Å². The van der Waals surface area contributed by atoms with Gasteiger partial charge in [-0.1, -0.05) is 19.1 Å². The Hall–Kier alpha value is -2.28. The van der Waals surface area contributed by atoms with Crippen molar-refractivity contribution in [2.75, 3.05) is 0 Å².